The summed E-state index contributed by atoms with van der Waals surface area (Å²) in [6.45, 7) is 9.19. The summed E-state index contributed by atoms with van der Waals surface area (Å²) < 4.78 is 3.41. The third kappa shape index (κ3) is 4.72. The highest BCUT2D eigenvalue weighted by molar-refractivity contribution is 7.99. The minimum atomic E-state index is -0.193. The van der Waals surface area contributed by atoms with Crippen molar-refractivity contribution in [2.75, 3.05) is 30.7 Å². The average Bonchev–Trinajstić information content (AvgIpc) is 3.37. The molecule has 0 fully saturated rings. The van der Waals surface area contributed by atoms with Gasteiger partial charge in [0.1, 0.15) is 4.70 Å². The maximum absolute atomic E-state index is 13.4. The van der Waals surface area contributed by atoms with Gasteiger partial charge in [0, 0.05) is 34.9 Å². The molecule has 4 rings (SSSR count). The molecule has 3 heterocycles. The highest BCUT2D eigenvalue weighted by atomic mass is 32.2. The van der Waals surface area contributed by atoms with Crippen molar-refractivity contribution in [3.8, 4) is 0 Å². The van der Waals surface area contributed by atoms with Crippen molar-refractivity contribution < 1.29 is 4.79 Å². The van der Waals surface area contributed by atoms with Crippen LogP contribution >= 0.6 is 23.1 Å². The van der Waals surface area contributed by atoms with Gasteiger partial charge in [-0.25, -0.2) is 4.98 Å². The fraction of sp³-hybridized carbons (Fsp3) is 0.364. The number of aromatic amines is 1. The molecule has 8 nitrogen and oxygen atoms in total. The fourth-order valence-corrected chi connectivity index (χ4v) is 5.44. The van der Waals surface area contributed by atoms with Gasteiger partial charge >= 0.3 is 0 Å². The van der Waals surface area contributed by atoms with Crippen molar-refractivity contribution in [3.63, 3.8) is 0 Å². The van der Waals surface area contributed by atoms with E-state index >= 15 is 0 Å². The molecule has 3 aromatic heterocycles. The number of H-pyrrole nitrogens is 1. The summed E-state index contributed by atoms with van der Waals surface area (Å²) in [5.74, 6) is 0.428. The topological polar surface area (TPSA) is 95.9 Å². The number of hydrogen-bond acceptors (Lipinski definition) is 7. The third-order valence-corrected chi connectivity index (χ3v) is 7.41. The molecular formula is C22H26N6O2S2. The Morgan fingerprint density at radius 1 is 1.28 bits per heavy atom. The quantitative estimate of drug-likeness (QED) is 0.286. The number of benzene rings is 1. The first-order chi connectivity index (χ1) is 15.5. The molecular weight excluding hydrogens is 444 g/mol. The number of aryl methyl sites for hydroxylation is 1. The van der Waals surface area contributed by atoms with Gasteiger partial charge in [0.2, 0.25) is 5.91 Å². The van der Waals surface area contributed by atoms with Gasteiger partial charge in [-0.15, -0.1) is 11.3 Å². The fourth-order valence-electron chi connectivity index (χ4n) is 3.53. The number of hydrogen-bond donors (Lipinski definition) is 2. The molecule has 0 saturated carbocycles. The summed E-state index contributed by atoms with van der Waals surface area (Å²) >= 11 is 2.75. The zero-order valence-corrected chi connectivity index (χ0v) is 20.0. The van der Waals surface area contributed by atoms with Crippen LogP contribution in [0.25, 0.3) is 20.3 Å². The van der Waals surface area contributed by atoms with Crippen LogP contribution in [0.4, 0.5) is 5.82 Å². The number of nitrogens with zero attached hydrogens (tertiary/aromatic N) is 4. The number of anilines is 1. The first kappa shape index (κ1) is 22.5. The summed E-state index contributed by atoms with van der Waals surface area (Å²) in [4.78, 5) is 33.0. The van der Waals surface area contributed by atoms with E-state index in [4.69, 9.17) is 4.98 Å². The van der Waals surface area contributed by atoms with E-state index in [-0.39, 0.29) is 17.2 Å². The van der Waals surface area contributed by atoms with Crippen molar-refractivity contribution in [1.29, 1.82) is 0 Å². The second-order valence-electron chi connectivity index (χ2n) is 7.43. The van der Waals surface area contributed by atoms with Gasteiger partial charge < -0.3 is 10.2 Å². The molecule has 0 aliphatic heterocycles. The number of carbonyl (C=O) groups excluding carboxylic acids is 1. The predicted molar refractivity (Wildman–Crippen MR) is 132 cm³/mol. The monoisotopic (exact) mass is 470 g/mol. The summed E-state index contributed by atoms with van der Waals surface area (Å²) in [7, 11) is 0. The van der Waals surface area contributed by atoms with Gasteiger partial charge in [0.25, 0.3) is 5.56 Å². The van der Waals surface area contributed by atoms with Crippen molar-refractivity contribution >= 4 is 55.1 Å². The Balaban J connectivity index is 1.65. The lowest BCUT2D eigenvalue weighted by atomic mass is 10.2. The second-order valence-corrected chi connectivity index (χ2v) is 9.42. The molecule has 2 N–H and O–H groups in total. The van der Waals surface area contributed by atoms with Crippen molar-refractivity contribution in [3.05, 3.63) is 46.4 Å². The molecule has 0 bridgehead atoms. The number of nitrogens with one attached hydrogen (secondary N) is 2. The lowest BCUT2D eigenvalue weighted by Crippen LogP contribution is -2.32. The zero-order chi connectivity index (χ0) is 22.7. The van der Waals surface area contributed by atoms with E-state index < -0.39 is 0 Å². The zero-order valence-electron chi connectivity index (χ0n) is 18.3. The molecule has 0 radical (unpaired) electrons. The average molecular weight is 471 g/mol. The second kappa shape index (κ2) is 9.85. The lowest BCUT2D eigenvalue weighted by molar-refractivity contribution is -0.113. The maximum atomic E-state index is 13.4. The molecule has 0 spiro atoms. The number of fused-ring (bicyclic) bond motifs is 3. The molecule has 1 amide bonds. The van der Waals surface area contributed by atoms with Crippen LogP contribution in [-0.2, 0) is 11.3 Å². The first-order valence-electron chi connectivity index (χ1n) is 10.6. The SMILES string of the molecule is CCN(CC)CCn1c(SCC(=O)Nc2cc(C)[nH]n2)nc2c(sc3ccccc32)c1=O. The van der Waals surface area contributed by atoms with E-state index in [0.29, 0.717) is 27.7 Å². The number of aromatic nitrogens is 4. The minimum Gasteiger partial charge on any atom is -0.308 e. The van der Waals surface area contributed by atoms with Crippen LogP contribution in [0.5, 0.6) is 0 Å². The van der Waals surface area contributed by atoms with Gasteiger partial charge in [0.05, 0.1) is 11.3 Å². The molecule has 0 aliphatic carbocycles. The molecule has 10 heteroatoms. The van der Waals surface area contributed by atoms with E-state index in [9.17, 15) is 9.59 Å². The molecule has 1 aromatic carbocycles. The molecule has 0 unspecified atom stereocenters. The molecule has 4 aromatic rings. The van der Waals surface area contributed by atoms with Crippen LogP contribution < -0.4 is 10.9 Å². The van der Waals surface area contributed by atoms with E-state index in [1.807, 2.05) is 31.2 Å². The van der Waals surface area contributed by atoms with Crippen LogP contribution in [0, 0.1) is 6.92 Å². The highest BCUT2D eigenvalue weighted by Gasteiger charge is 2.18. The van der Waals surface area contributed by atoms with Crippen LogP contribution in [0.3, 0.4) is 0 Å². The van der Waals surface area contributed by atoms with Crippen molar-refractivity contribution in [2.45, 2.75) is 32.5 Å². The van der Waals surface area contributed by atoms with Gasteiger partial charge in [0.15, 0.2) is 11.0 Å². The highest BCUT2D eigenvalue weighted by Crippen LogP contribution is 2.31. The number of thioether (sulfide) groups is 1. The van der Waals surface area contributed by atoms with Crippen LogP contribution in [0.2, 0.25) is 0 Å². The first-order valence-corrected chi connectivity index (χ1v) is 12.4. The van der Waals surface area contributed by atoms with E-state index in [0.717, 1.165) is 35.4 Å². The summed E-state index contributed by atoms with van der Waals surface area (Å²) in [6.07, 6.45) is 0. The standard InChI is InChI=1S/C22H26N6O2S2/c1-4-27(5-2)10-11-28-21(30)20-19(15-8-6-7-9-16(15)32-20)24-22(28)31-13-18(29)23-17-12-14(3)25-26-17/h6-9,12H,4-5,10-11,13H2,1-3H3,(H2,23,25,26,29). The number of thiophene rings is 1. The smallest absolute Gasteiger partial charge is 0.272 e. The molecule has 32 heavy (non-hydrogen) atoms. The molecule has 0 saturated heterocycles. The predicted octanol–water partition coefficient (Wildman–Crippen LogP) is 3.72. The molecule has 168 valence electrons. The van der Waals surface area contributed by atoms with E-state index in [1.54, 1.807) is 10.6 Å². The van der Waals surface area contributed by atoms with Gasteiger partial charge in [-0.05, 0) is 26.1 Å². The Bertz CT molecular complexity index is 1300. The Morgan fingerprint density at radius 2 is 2.06 bits per heavy atom. The van der Waals surface area contributed by atoms with Crippen LogP contribution in [0.1, 0.15) is 19.5 Å². The summed E-state index contributed by atoms with van der Waals surface area (Å²) in [5.41, 5.74) is 1.53. The normalized spacial score (nSPS) is 11.6. The number of carbonyl (C=O) groups is 1. The van der Waals surface area contributed by atoms with Crippen LogP contribution in [0.15, 0.2) is 40.3 Å². The van der Waals surface area contributed by atoms with E-state index in [2.05, 4.69) is 34.3 Å². The van der Waals surface area contributed by atoms with Gasteiger partial charge in [-0.2, -0.15) is 5.10 Å². The third-order valence-electron chi connectivity index (χ3n) is 5.29. The van der Waals surface area contributed by atoms with Gasteiger partial charge in [-0.3, -0.25) is 19.3 Å². The number of likely N-dealkylation sites (N-methyl/N-ethyl adjacent to an activating group) is 1. The van der Waals surface area contributed by atoms with Crippen molar-refractivity contribution in [1.82, 2.24) is 24.6 Å². The maximum Gasteiger partial charge on any atom is 0.272 e. The Kier molecular flexibility index (Phi) is 6.92. The number of rotatable bonds is 9. The summed E-state index contributed by atoms with van der Waals surface area (Å²) in [6, 6.07) is 9.68. The van der Waals surface area contributed by atoms with Crippen molar-refractivity contribution in [2.24, 2.45) is 0 Å². The Morgan fingerprint density at radius 3 is 2.78 bits per heavy atom. The number of amides is 1. The van der Waals surface area contributed by atoms with E-state index in [1.165, 1.54) is 23.1 Å². The largest absolute Gasteiger partial charge is 0.308 e. The minimum absolute atomic E-state index is 0.0470. The summed E-state index contributed by atoms with van der Waals surface area (Å²) in [5, 5.41) is 11.1. The Hall–Kier alpha value is -2.69. The lowest BCUT2D eigenvalue weighted by Gasteiger charge is -2.19. The van der Waals surface area contributed by atoms with Gasteiger partial charge in [-0.1, -0.05) is 43.8 Å². The molecule has 0 aliphatic rings. The van der Waals surface area contributed by atoms with Crippen LogP contribution in [-0.4, -0.2) is 55.9 Å². The molecule has 0 atom stereocenters. The Labute approximate surface area is 194 Å².